The standard InChI is InChI=1S/C50H50F6N6O5/c1-33-25-45(49(51,52)53)57-61(33)30-47(63)59-21-17-43(18-22-59)66-41-11-9-35(10-12-41)27-36-5-3-7-38(28-36)39-8-4-6-37(29-39)32-65-40-13-15-42(16-14-40)67-44-19-23-60(24-20-44)48(64)31-62-34(2)26-46(58-62)50(54,55)56/h3-16,25-26,28-29,43-44H,17-24,27,30-32H2,1-2H3. The van der Waals surface area contributed by atoms with Crippen molar-refractivity contribution >= 4 is 11.8 Å². The minimum atomic E-state index is -4.57. The topological polar surface area (TPSA) is 104 Å². The number of hydrogen-bond acceptors (Lipinski definition) is 7. The number of hydrogen-bond donors (Lipinski definition) is 0. The molecule has 4 heterocycles. The van der Waals surface area contributed by atoms with E-state index < -0.39 is 23.7 Å². The number of rotatable bonds is 14. The molecule has 2 saturated heterocycles. The van der Waals surface area contributed by atoms with Crippen LogP contribution >= 0.6 is 0 Å². The van der Waals surface area contributed by atoms with E-state index in [4.69, 9.17) is 14.2 Å². The van der Waals surface area contributed by atoms with Gasteiger partial charge < -0.3 is 24.0 Å². The molecule has 0 unspecified atom stereocenters. The minimum Gasteiger partial charge on any atom is -0.490 e. The summed E-state index contributed by atoms with van der Waals surface area (Å²) in [6.07, 6.45) is -6.20. The molecule has 0 aliphatic carbocycles. The zero-order valence-corrected chi connectivity index (χ0v) is 37.0. The van der Waals surface area contributed by atoms with Gasteiger partial charge in [0, 0.05) is 63.3 Å². The number of likely N-dealkylation sites (tertiary alicyclic amines) is 2. The van der Waals surface area contributed by atoms with Crippen molar-refractivity contribution in [1.29, 1.82) is 0 Å². The molecule has 17 heteroatoms. The van der Waals surface area contributed by atoms with Gasteiger partial charge in [0.15, 0.2) is 11.4 Å². The van der Waals surface area contributed by atoms with Crippen LogP contribution in [0.5, 0.6) is 17.2 Å². The Hall–Kier alpha value is -6.78. The largest absolute Gasteiger partial charge is 0.490 e. The van der Waals surface area contributed by atoms with Gasteiger partial charge in [-0.15, -0.1) is 0 Å². The van der Waals surface area contributed by atoms with E-state index in [1.54, 1.807) is 9.80 Å². The summed E-state index contributed by atoms with van der Waals surface area (Å²) in [6, 6.07) is 33.9. The third-order valence-corrected chi connectivity index (χ3v) is 12.1. The molecule has 2 amide bonds. The van der Waals surface area contributed by atoms with Gasteiger partial charge in [0.2, 0.25) is 11.8 Å². The first-order valence-corrected chi connectivity index (χ1v) is 22.1. The second kappa shape index (κ2) is 20.0. The van der Waals surface area contributed by atoms with Gasteiger partial charge in [-0.2, -0.15) is 36.5 Å². The fourth-order valence-corrected chi connectivity index (χ4v) is 8.31. The molecule has 2 fully saturated rings. The van der Waals surface area contributed by atoms with Crippen LogP contribution in [0.15, 0.2) is 109 Å². The average Bonchev–Trinajstić information content (AvgIpc) is 3.88. The number of amides is 2. The lowest BCUT2D eigenvalue weighted by atomic mass is 9.98. The van der Waals surface area contributed by atoms with Gasteiger partial charge in [-0.3, -0.25) is 19.0 Å². The first-order chi connectivity index (χ1) is 32.0. The summed E-state index contributed by atoms with van der Waals surface area (Å²) in [5.41, 5.74) is 3.97. The minimum absolute atomic E-state index is 0.0852. The second-order valence-electron chi connectivity index (χ2n) is 17.0. The Bertz CT molecular complexity index is 2650. The summed E-state index contributed by atoms with van der Waals surface area (Å²) in [7, 11) is 0. The van der Waals surface area contributed by atoms with Crippen LogP contribution in [-0.4, -0.2) is 79.6 Å². The monoisotopic (exact) mass is 928 g/mol. The van der Waals surface area contributed by atoms with E-state index in [9.17, 15) is 35.9 Å². The number of aryl methyl sites for hydroxylation is 2. The van der Waals surface area contributed by atoms with Crippen molar-refractivity contribution in [2.45, 2.75) is 90.2 Å². The molecule has 11 nitrogen and oxygen atoms in total. The van der Waals surface area contributed by atoms with E-state index in [2.05, 4.69) is 40.5 Å². The van der Waals surface area contributed by atoms with Crippen molar-refractivity contribution < 1.29 is 50.1 Å². The van der Waals surface area contributed by atoms with E-state index in [0.717, 1.165) is 61.5 Å². The van der Waals surface area contributed by atoms with Gasteiger partial charge >= 0.3 is 12.4 Å². The predicted molar refractivity (Wildman–Crippen MR) is 236 cm³/mol. The fourth-order valence-electron chi connectivity index (χ4n) is 8.31. The Morgan fingerprint density at radius 1 is 0.552 bits per heavy atom. The zero-order chi connectivity index (χ0) is 47.3. The highest BCUT2D eigenvalue weighted by atomic mass is 19.4. The lowest BCUT2D eigenvalue weighted by Crippen LogP contribution is -2.43. The number of benzene rings is 4. The van der Waals surface area contributed by atoms with E-state index in [1.165, 1.54) is 13.8 Å². The van der Waals surface area contributed by atoms with Crippen LogP contribution < -0.4 is 14.2 Å². The van der Waals surface area contributed by atoms with Crippen LogP contribution in [0, 0.1) is 13.8 Å². The smallest absolute Gasteiger partial charge is 0.435 e. The highest BCUT2D eigenvalue weighted by Gasteiger charge is 2.36. The molecule has 352 valence electrons. The third-order valence-electron chi connectivity index (χ3n) is 12.1. The number of piperidine rings is 2. The molecule has 2 aliphatic rings. The Morgan fingerprint density at radius 2 is 0.970 bits per heavy atom. The van der Waals surface area contributed by atoms with Crippen LogP contribution in [0.4, 0.5) is 26.3 Å². The van der Waals surface area contributed by atoms with E-state index in [-0.39, 0.29) is 48.5 Å². The lowest BCUT2D eigenvalue weighted by molar-refractivity contribution is -0.142. The molecular formula is C50H50F6N6O5. The molecule has 4 aromatic carbocycles. The summed E-state index contributed by atoms with van der Waals surface area (Å²) in [5.74, 6) is 1.54. The van der Waals surface area contributed by atoms with Crippen LogP contribution in [0.2, 0.25) is 0 Å². The van der Waals surface area contributed by atoms with Crippen molar-refractivity contribution in [2.75, 3.05) is 26.2 Å². The Morgan fingerprint density at radius 3 is 1.42 bits per heavy atom. The molecule has 6 aromatic rings. The summed E-state index contributed by atoms with van der Waals surface area (Å²) in [4.78, 5) is 29.0. The molecular weight excluding hydrogens is 879 g/mol. The predicted octanol–water partition coefficient (Wildman–Crippen LogP) is 9.71. The molecule has 2 aliphatic heterocycles. The van der Waals surface area contributed by atoms with Gasteiger partial charge in [0.25, 0.3) is 0 Å². The quantitative estimate of drug-likeness (QED) is 0.100. The number of halogens is 6. The van der Waals surface area contributed by atoms with Crippen LogP contribution in [0.1, 0.15) is 65.1 Å². The summed E-state index contributed by atoms with van der Waals surface area (Å²) in [5, 5.41) is 7.14. The van der Waals surface area contributed by atoms with Gasteiger partial charge in [-0.1, -0.05) is 54.6 Å². The lowest BCUT2D eigenvalue weighted by Gasteiger charge is -2.32. The van der Waals surface area contributed by atoms with Gasteiger partial charge in [0.1, 0.15) is 49.2 Å². The van der Waals surface area contributed by atoms with Crippen LogP contribution in [0.3, 0.4) is 0 Å². The number of carbonyl (C=O) groups is 2. The molecule has 0 radical (unpaired) electrons. The van der Waals surface area contributed by atoms with Crippen molar-refractivity contribution in [3.63, 3.8) is 0 Å². The normalized spacial score (nSPS) is 15.2. The highest BCUT2D eigenvalue weighted by molar-refractivity contribution is 5.76. The maximum atomic E-state index is 13.1. The van der Waals surface area contributed by atoms with Crippen molar-refractivity contribution in [2.24, 2.45) is 0 Å². The first-order valence-electron chi connectivity index (χ1n) is 22.1. The van der Waals surface area contributed by atoms with E-state index >= 15 is 0 Å². The van der Waals surface area contributed by atoms with Gasteiger partial charge in [-0.05, 0) is 103 Å². The summed E-state index contributed by atoms with van der Waals surface area (Å²) in [6.45, 7) is 4.64. The maximum absolute atomic E-state index is 13.1. The van der Waals surface area contributed by atoms with Crippen molar-refractivity contribution in [3.05, 3.63) is 149 Å². The molecule has 67 heavy (non-hydrogen) atoms. The van der Waals surface area contributed by atoms with Crippen LogP contribution in [-0.2, 0) is 48.1 Å². The highest BCUT2D eigenvalue weighted by Crippen LogP contribution is 2.31. The van der Waals surface area contributed by atoms with Crippen molar-refractivity contribution in [3.8, 4) is 28.4 Å². The van der Waals surface area contributed by atoms with Crippen molar-refractivity contribution in [1.82, 2.24) is 29.4 Å². The van der Waals surface area contributed by atoms with Gasteiger partial charge in [0.05, 0.1) is 0 Å². The number of alkyl halides is 6. The number of carbonyl (C=O) groups excluding carboxylic acids is 2. The second-order valence-corrected chi connectivity index (χ2v) is 17.0. The van der Waals surface area contributed by atoms with E-state index in [1.807, 2.05) is 66.7 Å². The van der Waals surface area contributed by atoms with Gasteiger partial charge in [-0.25, -0.2) is 0 Å². The number of nitrogens with zero attached hydrogens (tertiary/aromatic N) is 6. The Balaban J connectivity index is 0.761. The molecule has 0 saturated carbocycles. The van der Waals surface area contributed by atoms with E-state index in [0.29, 0.717) is 70.0 Å². The Kier molecular flexibility index (Phi) is 13.9. The SMILES string of the molecule is Cc1cc(C(F)(F)F)nn1CC(=O)N1CCC(Oc2ccc(Cc3cccc(-c4cccc(COc5ccc(OC6CCN(C(=O)Cn7nc(C(F)(F)F)cc7C)CC6)cc5)c4)c3)cc2)CC1. The average molecular weight is 929 g/mol. The summed E-state index contributed by atoms with van der Waals surface area (Å²) < 4.78 is 99.0. The third kappa shape index (κ3) is 12.2. The number of ether oxygens (including phenoxy) is 3. The zero-order valence-electron chi connectivity index (χ0n) is 37.0. The fraction of sp³-hybridized carbons (Fsp3) is 0.360. The summed E-state index contributed by atoms with van der Waals surface area (Å²) >= 11 is 0. The molecule has 0 spiro atoms. The Labute approximate surface area is 383 Å². The molecule has 2 aromatic heterocycles. The molecule has 0 bridgehead atoms. The number of aromatic nitrogens is 4. The molecule has 0 N–H and O–H groups in total. The van der Waals surface area contributed by atoms with Crippen LogP contribution in [0.25, 0.3) is 11.1 Å². The maximum Gasteiger partial charge on any atom is 0.435 e. The molecule has 0 atom stereocenters. The molecule has 8 rings (SSSR count). The first kappa shape index (κ1) is 46.7.